The van der Waals surface area contributed by atoms with Gasteiger partial charge < -0.3 is 13.3 Å². The maximum atomic E-state index is 12.7. The lowest BCUT2D eigenvalue weighted by atomic mass is 9.88. The van der Waals surface area contributed by atoms with Gasteiger partial charge in [-0.15, -0.1) is 0 Å². The Kier molecular flexibility index (Phi) is 11.2. The number of carbonyl (C=O) groups is 6. The van der Waals surface area contributed by atoms with Gasteiger partial charge in [-0.2, -0.15) is 0 Å². The quantitative estimate of drug-likeness (QED) is 0.157. The van der Waals surface area contributed by atoms with Gasteiger partial charge in [-0.05, 0) is 134 Å². The van der Waals surface area contributed by atoms with Crippen molar-refractivity contribution in [3.63, 3.8) is 0 Å². The van der Waals surface area contributed by atoms with Crippen LogP contribution in [0.3, 0.4) is 0 Å². The van der Waals surface area contributed by atoms with Crippen molar-refractivity contribution in [1.82, 2.24) is 14.7 Å². The Morgan fingerprint density at radius 2 is 0.540 bits per heavy atom. The van der Waals surface area contributed by atoms with Gasteiger partial charge in [-0.25, -0.2) is 0 Å². The maximum absolute atomic E-state index is 12.7. The lowest BCUT2D eigenvalue weighted by Crippen LogP contribution is -2.36. The van der Waals surface area contributed by atoms with Gasteiger partial charge in [0.25, 0.3) is 35.4 Å². The SMILES string of the molecule is CN1C(=O)c2cccc3c(-c4ccc5c(c4)oc4ccccc45)ccc(c23)C1=O.CN1C(=O)c2cccc3c(-c4ccc5oc6ccccc6c5c4)ccc(c23)C1=O.CN1C(=O)c2cccc3c(-c4cccc5oc6ccccc6c45)ccc(c23)C1=O. The number of imide groups is 3. The fourth-order valence-corrected chi connectivity index (χ4v) is 13.2. The van der Waals surface area contributed by atoms with Crippen LogP contribution in [0.1, 0.15) is 62.1 Å². The summed E-state index contributed by atoms with van der Waals surface area (Å²) in [6.07, 6.45) is 0. The van der Waals surface area contributed by atoms with Crippen LogP contribution in [0.4, 0.5) is 0 Å². The van der Waals surface area contributed by atoms with Gasteiger partial charge in [0, 0.05) is 103 Å². The maximum Gasteiger partial charge on any atom is 0.261 e. The summed E-state index contributed by atoms with van der Waals surface area (Å²) in [6, 6.07) is 70.4. The largest absolute Gasteiger partial charge is 0.456 e. The topological polar surface area (TPSA) is 152 Å². The number of benzene rings is 12. The van der Waals surface area contributed by atoms with E-state index in [1.807, 2.05) is 158 Å². The van der Waals surface area contributed by atoms with Gasteiger partial charge in [0.05, 0.1) is 0 Å². The van der Waals surface area contributed by atoms with Crippen LogP contribution in [0.25, 0.3) is 132 Å². The van der Waals surface area contributed by atoms with Crippen LogP contribution < -0.4 is 0 Å². The third-order valence-corrected chi connectivity index (χ3v) is 17.4. The molecule has 3 aliphatic heterocycles. The van der Waals surface area contributed by atoms with Gasteiger partial charge in [0.1, 0.15) is 33.5 Å². The van der Waals surface area contributed by atoms with Crippen LogP contribution >= 0.6 is 0 Å². The fraction of sp³-hybridized carbons (Fsp3) is 0.0400. The van der Waals surface area contributed by atoms with E-state index in [4.69, 9.17) is 13.3 Å². The number of amides is 6. The van der Waals surface area contributed by atoms with Crippen molar-refractivity contribution in [3.05, 3.63) is 252 Å². The van der Waals surface area contributed by atoms with Crippen molar-refractivity contribution in [2.75, 3.05) is 21.1 Å². The predicted octanol–water partition coefficient (Wildman–Crippen LogP) is 16.9. The molecule has 12 heteroatoms. The van der Waals surface area contributed by atoms with Crippen molar-refractivity contribution < 1.29 is 42.0 Å². The van der Waals surface area contributed by atoms with Gasteiger partial charge >= 0.3 is 0 Å². The Labute approximate surface area is 494 Å². The molecule has 12 nitrogen and oxygen atoms in total. The van der Waals surface area contributed by atoms with E-state index in [1.165, 1.54) is 35.8 Å². The average molecular weight is 1130 g/mol. The number of fused-ring (bicyclic) bond motifs is 9. The molecule has 3 aliphatic rings. The minimum Gasteiger partial charge on any atom is -0.456 e. The minimum atomic E-state index is -0.266. The van der Waals surface area contributed by atoms with Crippen LogP contribution in [0.2, 0.25) is 0 Å². The lowest BCUT2D eigenvalue weighted by molar-refractivity contribution is 0.0635. The monoisotopic (exact) mass is 1130 g/mol. The third kappa shape index (κ3) is 7.57. The van der Waals surface area contributed by atoms with Crippen LogP contribution in [0.15, 0.2) is 232 Å². The van der Waals surface area contributed by atoms with E-state index in [0.29, 0.717) is 33.4 Å². The third-order valence-electron chi connectivity index (χ3n) is 17.4. The first-order valence-corrected chi connectivity index (χ1v) is 28.3. The fourth-order valence-electron chi connectivity index (χ4n) is 13.2. The molecule has 18 rings (SSSR count). The number of para-hydroxylation sites is 3. The summed E-state index contributed by atoms with van der Waals surface area (Å²) in [5.74, 6) is -1.59. The highest BCUT2D eigenvalue weighted by Crippen LogP contribution is 2.44. The van der Waals surface area contributed by atoms with Crippen molar-refractivity contribution in [2.45, 2.75) is 0 Å². The molecule has 0 fully saturated rings. The minimum absolute atomic E-state index is 0.262. The van der Waals surface area contributed by atoms with Crippen molar-refractivity contribution in [1.29, 1.82) is 0 Å². The first kappa shape index (κ1) is 50.9. The van der Waals surface area contributed by atoms with E-state index >= 15 is 0 Å². The highest BCUT2D eigenvalue weighted by Gasteiger charge is 2.34. The van der Waals surface area contributed by atoms with E-state index in [1.54, 1.807) is 18.2 Å². The Hall–Kier alpha value is -11.8. The van der Waals surface area contributed by atoms with Gasteiger partial charge in [-0.1, -0.05) is 133 Å². The van der Waals surface area contributed by atoms with Gasteiger partial charge in [0.2, 0.25) is 0 Å². The molecule has 0 radical (unpaired) electrons. The molecule has 12 aromatic carbocycles. The van der Waals surface area contributed by atoms with Crippen molar-refractivity contribution in [2.24, 2.45) is 0 Å². The molecule has 0 atom stereocenters. The highest BCUT2D eigenvalue weighted by atomic mass is 16.3. The van der Waals surface area contributed by atoms with Crippen molar-refractivity contribution >= 4 is 134 Å². The van der Waals surface area contributed by atoms with E-state index in [2.05, 4.69) is 42.5 Å². The van der Waals surface area contributed by atoms with Gasteiger partial charge in [-0.3, -0.25) is 43.5 Å². The zero-order chi connectivity index (χ0) is 59.1. The molecule has 0 aliphatic carbocycles. The normalized spacial score (nSPS) is 13.8. The number of carbonyl (C=O) groups excluding carboxylic acids is 6. The Bertz CT molecular complexity index is 5550. The standard InChI is InChI=1S/3C25H15NO3/c1-26-24(27)18-9-4-7-15-14(12-13-19(22(15)18)25(26)28)16-8-5-11-21-23(16)17-6-2-3-10-20(17)29-21;1-26-24(27)18-7-4-6-17-15(10-11-19(23(17)18)25(26)28)14-9-12-22-20(13-14)16-5-2-3-8-21(16)29-22;1-26-24(27)19-7-4-6-18-15(11-12-20(23(18)19)25(26)28)14-9-10-17-16-5-2-3-8-21(16)29-22(17)13-14/h3*2-13H,1H3. The summed E-state index contributed by atoms with van der Waals surface area (Å²) in [7, 11) is 4.58. The van der Waals surface area contributed by atoms with Crippen LogP contribution in [-0.4, -0.2) is 71.3 Å². The van der Waals surface area contributed by atoms with Crippen LogP contribution in [-0.2, 0) is 0 Å². The molecule has 6 heterocycles. The molecule has 0 spiro atoms. The molecule has 0 bridgehead atoms. The Morgan fingerprint density at radius 3 is 1.07 bits per heavy atom. The second kappa shape index (κ2) is 19.1. The van der Waals surface area contributed by atoms with Crippen LogP contribution in [0.5, 0.6) is 0 Å². The molecular formula is C75H45N3O9. The molecule has 0 saturated heterocycles. The Balaban J connectivity index is 0.000000106. The highest BCUT2D eigenvalue weighted by molar-refractivity contribution is 6.30. The zero-order valence-electron chi connectivity index (χ0n) is 46.8. The molecule has 87 heavy (non-hydrogen) atoms. The molecule has 3 aromatic heterocycles. The molecule has 0 saturated carbocycles. The van der Waals surface area contributed by atoms with Crippen molar-refractivity contribution in [3.8, 4) is 33.4 Å². The average Bonchev–Trinajstić information content (AvgIpc) is 1.23. The number of rotatable bonds is 3. The molecular weight excluding hydrogens is 1090 g/mol. The lowest BCUT2D eigenvalue weighted by Gasteiger charge is -2.24. The summed E-state index contributed by atoms with van der Waals surface area (Å²) >= 11 is 0. The molecule has 0 N–H and O–H groups in total. The molecule has 6 amide bonds. The number of nitrogens with zero attached hydrogens (tertiary/aromatic N) is 3. The number of furan rings is 3. The first-order chi connectivity index (χ1) is 42.4. The predicted molar refractivity (Wildman–Crippen MR) is 339 cm³/mol. The Morgan fingerprint density at radius 1 is 0.218 bits per heavy atom. The zero-order valence-corrected chi connectivity index (χ0v) is 46.8. The number of hydrogen-bond donors (Lipinski definition) is 0. The first-order valence-electron chi connectivity index (χ1n) is 28.3. The summed E-state index contributed by atoms with van der Waals surface area (Å²) < 4.78 is 18.0. The van der Waals surface area contributed by atoms with Gasteiger partial charge in [0.15, 0.2) is 0 Å². The molecule has 15 aromatic rings. The second-order valence-corrected chi connectivity index (χ2v) is 22.1. The molecule has 0 unspecified atom stereocenters. The summed E-state index contributed by atoms with van der Waals surface area (Å²) in [4.78, 5) is 79.5. The number of hydrogen-bond acceptors (Lipinski definition) is 9. The second-order valence-electron chi connectivity index (χ2n) is 22.1. The molecule has 414 valence electrons. The van der Waals surface area contributed by atoms with E-state index in [0.717, 1.165) is 132 Å². The smallest absolute Gasteiger partial charge is 0.261 e. The van der Waals surface area contributed by atoms with E-state index in [-0.39, 0.29) is 35.4 Å². The summed E-state index contributed by atoms with van der Waals surface area (Å²) in [5.41, 5.74) is 14.4. The summed E-state index contributed by atoms with van der Waals surface area (Å²) in [5, 5.41) is 11.2. The summed E-state index contributed by atoms with van der Waals surface area (Å²) in [6.45, 7) is 0. The van der Waals surface area contributed by atoms with E-state index in [9.17, 15) is 28.8 Å². The van der Waals surface area contributed by atoms with E-state index < -0.39 is 0 Å². The van der Waals surface area contributed by atoms with Crippen LogP contribution in [0, 0.1) is 0 Å².